The molecule has 114 valence electrons. The molecule has 0 aromatic carbocycles. The van der Waals surface area contributed by atoms with E-state index in [1.807, 2.05) is 0 Å². The van der Waals surface area contributed by atoms with Crippen molar-refractivity contribution in [2.75, 3.05) is 0 Å². The van der Waals surface area contributed by atoms with Crippen molar-refractivity contribution in [2.24, 2.45) is 7.05 Å². The summed E-state index contributed by atoms with van der Waals surface area (Å²) >= 11 is 0. The van der Waals surface area contributed by atoms with Crippen molar-refractivity contribution < 1.29 is 31.9 Å². The Morgan fingerprint density at radius 2 is 1.85 bits per heavy atom. The summed E-state index contributed by atoms with van der Waals surface area (Å²) in [5.74, 6) is -7.28. The van der Waals surface area contributed by atoms with Crippen LogP contribution in [0.5, 0.6) is 0 Å². The maximum absolute atomic E-state index is 13.3. The molecule has 1 aromatic heterocycles. The van der Waals surface area contributed by atoms with Gasteiger partial charge in [-0.05, 0) is 6.42 Å². The number of nitrogens with zero attached hydrogens (tertiary/aromatic N) is 2. The third kappa shape index (κ3) is 2.75. The topological polar surface area (TPSA) is 55.1 Å². The molecular formula is C11H13F5N2O2. The van der Waals surface area contributed by atoms with Crippen LogP contribution in [0.15, 0.2) is 0 Å². The minimum atomic E-state index is -5.90. The van der Waals surface area contributed by atoms with Crippen molar-refractivity contribution in [3.05, 3.63) is 17.2 Å². The molecule has 0 aliphatic heterocycles. The first kappa shape index (κ1) is 16.4. The van der Waals surface area contributed by atoms with Gasteiger partial charge in [0.05, 0.1) is 0 Å². The van der Waals surface area contributed by atoms with E-state index in [2.05, 4.69) is 4.98 Å². The van der Waals surface area contributed by atoms with Crippen LogP contribution >= 0.6 is 0 Å². The molecule has 20 heavy (non-hydrogen) atoms. The van der Waals surface area contributed by atoms with Crippen molar-refractivity contribution in [1.82, 2.24) is 9.55 Å². The van der Waals surface area contributed by atoms with E-state index in [0.717, 1.165) is 11.6 Å². The van der Waals surface area contributed by atoms with Crippen LogP contribution in [0.4, 0.5) is 22.0 Å². The molecule has 0 bridgehead atoms. The predicted molar refractivity (Wildman–Crippen MR) is 58.7 cm³/mol. The lowest BCUT2D eigenvalue weighted by atomic mass is 10.2. The van der Waals surface area contributed by atoms with Gasteiger partial charge in [0, 0.05) is 13.5 Å². The van der Waals surface area contributed by atoms with E-state index in [1.54, 1.807) is 6.92 Å². The minimum absolute atomic E-state index is 0.108. The molecule has 1 heterocycles. The van der Waals surface area contributed by atoms with Crippen LogP contribution in [0, 0.1) is 0 Å². The summed E-state index contributed by atoms with van der Waals surface area (Å²) in [5, 5.41) is 8.85. The molecule has 1 rings (SSSR count). The number of aryl methyl sites for hydroxylation is 1. The van der Waals surface area contributed by atoms with Crippen LogP contribution < -0.4 is 0 Å². The number of rotatable bonds is 5. The van der Waals surface area contributed by atoms with Crippen LogP contribution in [-0.2, 0) is 19.4 Å². The largest absolute Gasteiger partial charge is 0.477 e. The summed E-state index contributed by atoms with van der Waals surface area (Å²) in [4.78, 5) is 14.2. The number of halogens is 5. The number of unbranched alkanes of at least 4 members (excludes halogenated alkanes) is 1. The van der Waals surface area contributed by atoms with E-state index in [0.29, 0.717) is 12.8 Å². The Morgan fingerprint density at radius 3 is 2.25 bits per heavy atom. The molecule has 0 unspecified atom stereocenters. The molecule has 0 aliphatic rings. The minimum Gasteiger partial charge on any atom is -0.477 e. The zero-order chi connectivity index (χ0) is 15.7. The van der Waals surface area contributed by atoms with E-state index >= 15 is 0 Å². The van der Waals surface area contributed by atoms with Crippen molar-refractivity contribution in [3.8, 4) is 0 Å². The van der Waals surface area contributed by atoms with Crippen molar-refractivity contribution >= 4 is 5.97 Å². The fourth-order valence-electron chi connectivity index (χ4n) is 1.70. The molecular weight excluding hydrogens is 287 g/mol. The number of carboxylic acid groups (broad SMARTS) is 1. The summed E-state index contributed by atoms with van der Waals surface area (Å²) < 4.78 is 64.5. The van der Waals surface area contributed by atoms with Gasteiger partial charge in [-0.15, -0.1) is 0 Å². The Bertz CT molecular complexity index is 508. The van der Waals surface area contributed by atoms with Gasteiger partial charge in [-0.1, -0.05) is 13.3 Å². The molecule has 0 saturated heterocycles. The molecule has 9 heteroatoms. The first-order valence-electron chi connectivity index (χ1n) is 5.77. The second kappa shape index (κ2) is 5.37. The van der Waals surface area contributed by atoms with Crippen molar-refractivity contribution in [3.63, 3.8) is 0 Å². The third-order valence-electron chi connectivity index (χ3n) is 2.80. The maximum Gasteiger partial charge on any atom is 0.459 e. The van der Waals surface area contributed by atoms with Gasteiger partial charge in [-0.2, -0.15) is 22.0 Å². The Labute approximate surface area is 111 Å². The number of aromatic carboxylic acids is 1. The summed E-state index contributed by atoms with van der Waals surface area (Å²) in [5.41, 5.74) is -2.90. The standard InChI is InChI=1S/C11H13F5N2O2/c1-3-4-5-6-17-8(7(9(19)20)18(6)2)10(12,13)11(14,15)16/h3-5H2,1-2H3,(H,19,20). The van der Waals surface area contributed by atoms with Gasteiger partial charge in [0.15, 0.2) is 11.4 Å². The lowest BCUT2D eigenvalue weighted by Gasteiger charge is -2.18. The molecule has 0 atom stereocenters. The number of aromatic nitrogens is 2. The molecule has 0 fully saturated rings. The Morgan fingerprint density at radius 1 is 1.30 bits per heavy atom. The average Bonchev–Trinajstić information content (AvgIpc) is 2.63. The fraction of sp³-hybridized carbons (Fsp3) is 0.636. The Hall–Kier alpha value is -1.67. The average molecular weight is 300 g/mol. The second-order valence-corrected chi connectivity index (χ2v) is 4.27. The molecule has 0 spiro atoms. The van der Waals surface area contributed by atoms with Crippen LogP contribution in [0.25, 0.3) is 0 Å². The summed E-state index contributed by atoms with van der Waals surface area (Å²) in [6, 6.07) is 0. The monoisotopic (exact) mass is 300 g/mol. The highest BCUT2D eigenvalue weighted by Gasteiger charge is 2.62. The van der Waals surface area contributed by atoms with Crippen LogP contribution in [0.3, 0.4) is 0 Å². The third-order valence-corrected chi connectivity index (χ3v) is 2.80. The lowest BCUT2D eigenvalue weighted by Crippen LogP contribution is -2.35. The number of carboxylic acids is 1. The van der Waals surface area contributed by atoms with Crippen molar-refractivity contribution in [2.45, 2.75) is 38.3 Å². The number of hydrogen-bond donors (Lipinski definition) is 1. The number of hydrogen-bond acceptors (Lipinski definition) is 2. The first-order chi connectivity index (χ1) is 9.04. The Kier molecular flexibility index (Phi) is 4.40. The van der Waals surface area contributed by atoms with E-state index in [-0.39, 0.29) is 12.2 Å². The van der Waals surface area contributed by atoms with Crippen LogP contribution in [-0.4, -0.2) is 26.8 Å². The fourth-order valence-corrected chi connectivity index (χ4v) is 1.70. The number of carbonyl (C=O) groups is 1. The van der Waals surface area contributed by atoms with Crippen LogP contribution in [0.2, 0.25) is 0 Å². The van der Waals surface area contributed by atoms with Gasteiger partial charge in [0.2, 0.25) is 0 Å². The molecule has 0 radical (unpaired) electrons. The van der Waals surface area contributed by atoms with E-state index in [1.165, 1.54) is 0 Å². The van der Waals surface area contributed by atoms with Gasteiger partial charge in [0.1, 0.15) is 5.82 Å². The molecule has 0 amide bonds. The first-order valence-corrected chi connectivity index (χ1v) is 5.77. The van der Waals surface area contributed by atoms with Gasteiger partial charge in [-0.25, -0.2) is 9.78 Å². The van der Waals surface area contributed by atoms with Crippen molar-refractivity contribution in [1.29, 1.82) is 0 Å². The normalized spacial score (nSPS) is 12.8. The smallest absolute Gasteiger partial charge is 0.459 e. The molecule has 1 aromatic rings. The maximum atomic E-state index is 13.3. The van der Waals surface area contributed by atoms with Gasteiger partial charge >= 0.3 is 18.1 Å². The predicted octanol–water partition coefficient (Wildman–Crippen LogP) is 3.12. The quantitative estimate of drug-likeness (QED) is 0.850. The second-order valence-electron chi connectivity index (χ2n) is 4.27. The Balaban J connectivity index is 3.42. The highest BCUT2D eigenvalue weighted by atomic mass is 19.4. The molecule has 1 N–H and O–H groups in total. The number of alkyl halides is 5. The van der Waals surface area contributed by atoms with E-state index in [9.17, 15) is 26.7 Å². The van der Waals surface area contributed by atoms with Gasteiger partial charge < -0.3 is 9.67 Å². The zero-order valence-corrected chi connectivity index (χ0v) is 10.8. The van der Waals surface area contributed by atoms with E-state index < -0.39 is 29.5 Å². The highest BCUT2D eigenvalue weighted by molar-refractivity contribution is 5.87. The molecule has 0 saturated carbocycles. The number of imidazole rings is 1. The lowest BCUT2D eigenvalue weighted by molar-refractivity contribution is -0.291. The zero-order valence-electron chi connectivity index (χ0n) is 10.8. The van der Waals surface area contributed by atoms with E-state index in [4.69, 9.17) is 5.11 Å². The summed E-state index contributed by atoms with van der Waals surface area (Å²) in [6.45, 7) is 1.80. The van der Waals surface area contributed by atoms with Gasteiger partial charge in [0.25, 0.3) is 0 Å². The molecule has 4 nitrogen and oxygen atoms in total. The van der Waals surface area contributed by atoms with Gasteiger partial charge in [-0.3, -0.25) is 0 Å². The summed E-state index contributed by atoms with van der Waals surface area (Å²) in [7, 11) is 1.11. The SMILES string of the molecule is CCCCc1nc(C(F)(F)C(F)(F)F)c(C(=O)O)n1C. The van der Waals surface area contributed by atoms with Crippen LogP contribution in [0.1, 0.15) is 41.8 Å². The highest BCUT2D eigenvalue weighted by Crippen LogP contribution is 2.44. The molecule has 0 aliphatic carbocycles. The summed E-state index contributed by atoms with van der Waals surface area (Å²) in [6.07, 6.45) is -4.60.